The molecule has 1 rings (SSSR count). The number of allylic oxidation sites excluding steroid dienone is 2. The summed E-state index contributed by atoms with van der Waals surface area (Å²) in [5, 5.41) is 2.86. The Labute approximate surface area is 115 Å². The number of rotatable bonds is 5. The van der Waals surface area contributed by atoms with E-state index in [2.05, 4.69) is 25.2 Å². The highest BCUT2D eigenvalue weighted by atomic mass is 16.2. The molecular formula is C15H26N2O2. The summed E-state index contributed by atoms with van der Waals surface area (Å²) in [4.78, 5) is 23.4. The molecule has 0 aromatic rings. The lowest BCUT2D eigenvalue weighted by Crippen LogP contribution is -2.43. The molecule has 19 heavy (non-hydrogen) atoms. The van der Waals surface area contributed by atoms with Crippen molar-refractivity contribution in [3.63, 3.8) is 0 Å². The Kier molecular flexibility index (Phi) is 4.13. The van der Waals surface area contributed by atoms with Gasteiger partial charge < -0.3 is 11.1 Å². The molecule has 2 amide bonds. The maximum Gasteiger partial charge on any atom is 0.224 e. The van der Waals surface area contributed by atoms with Crippen LogP contribution < -0.4 is 11.1 Å². The average Bonchev–Trinajstić information content (AvgIpc) is 2.76. The van der Waals surface area contributed by atoms with Crippen molar-refractivity contribution < 1.29 is 9.59 Å². The Morgan fingerprint density at radius 2 is 1.84 bits per heavy atom. The van der Waals surface area contributed by atoms with Gasteiger partial charge in [0.05, 0.1) is 11.3 Å². The van der Waals surface area contributed by atoms with Crippen molar-refractivity contribution in [2.24, 2.45) is 28.4 Å². The molecule has 0 aliphatic heterocycles. The van der Waals surface area contributed by atoms with Gasteiger partial charge in [-0.25, -0.2) is 0 Å². The van der Waals surface area contributed by atoms with Crippen molar-refractivity contribution in [1.82, 2.24) is 5.32 Å². The van der Waals surface area contributed by atoms with Gasteiger partial charge in [0.25, 0.3) is 0 Å². The summed E-state index contributed by atoms with van der Waals surface area (Å²) >= 11 is 0. The minimum absolute atomic E-state index is 0.00177. The molecular weight excluding hydrogens is 240 g/mol. The van der Waals surface area contributed by atoms with Crippen LogP contribution in [0.2, 0.25) is 0 Å². The lowest BCUT2D eigenvalue weighted by molar-refractivity contribution is -0.127. The van der Waals surface area contributed by atoms with Crippen molar-refractivity contribution in [1.29, 1.82) is 0 Å². The fourth-order valence-corrected chi connectivity index (χ4v) is 2.35. The predicted octanol–water partition coefficient (Wildman–Crippen LogP) is 1.85. The number of nitrogens with two attached hydrogens (primary N) is 1. The first-order valence-electron chi connectivity index (χ1n) is 6.73. The van der Waals surface area contributed by atoms with Crippen molar-refractivity contribution in [2.75, 3.05) is 6.54 Å². The predicted molar refractivity (Wildman–Crippen MR) is 76.2 cm³/mol. The molecule has 4 heteroatoms. The van der Waals surface area contributed by atoms with Crippen LogP contribution in [0.4, 0.5) is 0 Å². The third-order valence-corrected chi connectivity index (χ3v) is 4.08. The van der Waals surface area contributed by atoms with Crippen LogP contribution in [0.5, 0.6) is 0 Å². The van der Waals surface area contributed by atoms with Crippen LogP contribution in [0.25, 0.3) is 0 Å². The zero-order valence-corrected chi connectivity index (χ0v) is 12.8. The summed E-state index contributed by atoms with van der Waals surface area (Å²) in [6.07, 6.45) is 2.16. The number of carbonyl (C=O) groups excluding carboxylic acids is 2. The van der Waals surface area contributed by atoms with Crippen molar-refractivity contribution in [2.45, 2.75) is 41.5 Å². The van der Waals surface area contributed by atoms with E-state index in [1.807, 2.05) is 13.8 Å². The standard InChI is InChI=1S/C15H26N2O2/c1-9(2)7-10-11(15(10,5)6)12(18)17-8-14(3,4)13(16)19/h7,10-11H,8H2,1-6H3,(H2,16,19)(H,17,18)/t10-,11+/m1/s1. The third-order valence-electron chi connectivity index (χ3n) is 4.08. The molecule has 1 saturated carbocycles. The van der Waals surface area contributed by atoms with Gasteiger partial charge in [-0.1, -0.05) is 25.5 Å². The fraction of sp³-hybridized carbons (Fsp3) is 0.733. The van der Waals surface area contributed by atoms with Crippen LogP contribution in [0, 0.1) is 22.7 Å². The van der Waals surface area contributed by atoms with Gasteiger partial charge in [0.2, 0.25) is 11.8 Å². The van der Waals surface area contributed by atoms with E-state index in [1.54, 1.807) is 13.8 Å². The molecule has 4 nitrogen and oxygen atoms in total. The summed E-state index contributed by atoms with van der Waals surface area (Å²) in [5.41, 5.74) is 5.81. The van der Waals surface area contributed by atoms with Crippen molar-refractivity contribution in [3.05, 3.63) is 11.6 Å². The number of carbonyl (C=O) groups is 2. The van der Waals surface area contributed by atoms with Crippen LogP contribution in [-0.2, 0) is 9.59 Å². The molecule has 1 aliphatic rings. The van der Waals surface area contributed by atoms with E-state index >= 15 is 0 Å². The van der Waals surface area contributed by atoms with Gasteiger partial charge in [-0.05, 0) is 39.0 Å². The molecule has 0 radical (unpaired) electrons. The van der Waals surface area contributed by atoms with E-state index < -0.39 is 11.3 Å². The lowest BCUT2D eigenvalue weighted by atomic mass is 9.92. The van der Waals surface area contributed by atoms with E-state index in [9.17, 15) is 9.59 Å². The van der Waals surface area contributed by atoms with Gasteiger partial charge in [0.1, 0.15) is 0 Å². The molecule has 3 N–H and O–H groups in total. The second-order valence-electron chi connectivity index (χ2n) is 7.03. The molecule has 0 saturated heterocycles. The maximum absolute atomic E-state index is 12.2. The van der Waals surface area contributed by atoms with Gasteiger partial charge in [-0.15, -0.1) is 0 Å². The fourth-order valence-electron chi connectivity index (χ4n) is 2.35. The minimum atomic E-state index is -0.708. The van der Waals surface area contributed by atoms with Crippen LogP contribution >= 0.6 is 0 Å². The Bertz CT molecular complexity index is 418. The molecule has 0 heterocycles. The summed E-state index contributed by atoms with van der Waals surface area (Å²) in [7, 11) is 0. The normalized spacial score (nSPS) is 24.5. The Morgan fingerprint density at radius 3 is 2.26 bits per heavy atom. The van der Waals surface area contributed by atoms with E-state index in [-0.39, 0.29) is 29.7 Å². The van der Waals surface area contributed by atoms with Crippen molar-refractivity contribution in [3.8, 4) is 0 Å². The highest BCUT2D eigenvalue weighted by molar-refractivity contribution is 5.85. The third kappa shape index (κ3) is 3.37. The maximum atomic E-state index is 12.2. The Hall–Kier alpha value is -1.32. The molecule has 0 spiro atoms. The van der Waals surface area contributed by atoms with Gasteiger partial charge in [-0.2, -0.15) is 0 Å². The first kappa shape index (κ1) is 15.7. The first-order valence-corrected chi connectivity index (χ1v) is 6.73. The number of hydrogen-bond donors (Lipinski definition) is 2. The Morgan fingerprint density at radius 1 is 1.32 bits per heavy atom. The van der Waals surface area contributed by atoms with E-state index in [0.717, 1.165) is 0 Å². The largest absolute Gasteiger partial charge is 0.369 e. The van der Waals surface area contributed by atoms with Crippen LogP contribution in [0.3, 0.4) is 0 Å². The highest BCUT2D eigenvalue weighted by Gasteiger charge is 2.60. The zero-order valence-electron chi connectivity index (χ0n) is 12.8. The molecule has 108 valence electrons. The topological polar surface area (TPSA) is 72.2 Å². The first-order chi connectivity index (χ1) is 8.50. The molecule has 0 aromatic heterocycles. The van der Waals surface area contributed by atoms with Gasteiger partial charge in [0.15, 0.2) is 0 Å². The van der Waals surface area contributed by atoms with Gasteiger partial charge in [0, 0.05) is 6.54 Å². The average molecular weight is 266 g/mol. The molecule has 1 aliphatic carbocycles. The molecule has 0 bridgehead atoms. The highest BCUT2D eigenvalue weighted by Crippen LogP contribution is 2.59. The quantitative estimate of drug-likeness (QED) is 0.745. The summed E-state index contributed by atoms with van der Waals surface area (Å²) < 4.78 is 0. The van der Waals surface area contributed by atoms with Crippen molar-refractivity contribution >= 4 is 11.8 Å². The summed E-state index contributed by atoms with van der Waals surface area (Å²) in [6.45, 7) is 12.0. The minimum Gasteiger partial charge on any atom is -0.369 e. The molecule has 2 atom stereocenters. The summed E-state index contributed by atoms with van der Waals surface area (Å²) in [5.74, 6) is -0.106. The van der Waals surface area contributed by atoms with E-state index in [0.29, 0.717) is 0 Å². The monoisotopic (exact) mass is 266 g/mol. The second kappa shape index (κ2) is 4.99. The van der Waals surface area contributed by atoms with Crippen LogP contribution in [0.15, 0.2) is 11.6 Å². The lowest BCUT2D eigenvalue weighted by Gasteiger charge is -2.20. The van der Waals surface area contributed by atoms with Gasteiger partial charge >= 0.3 is 0 Å². The molecule has 0 aromatic carbocycles. The van der Waals surface area contributed by atoms with Gasteiger partial charge in [-0.3, -0.25) is 9.59 Å². The Balaban J connectivity index is 2.62. The number of hydrogen-bond acceptors (Lipinski definition) is 2. The molecule has 1 fully saturated rings. The number of primary amides is 1. The molecule has 0 unspecified atom stereocenters. The SMILES string of the molecule is CC(C)=C[C@@H]1[C@@H](C(=O)NCC(C)(C)C(N)=O)C1(C)C. The number of nitrogens with one attached hydrogen (secondary N) is 1. The zero-order chi connectivity index (χ0) is 15.0. The second-order valence-corrected chi connectivity index (χ2v) is 7.03. The van der Waals surface area contributed by atoms with Crippen LogP contribution in [-0.4, -0.2) is 18.4 Å². The smallest absolute Gasteiger partial charge is 0.224 e. The van der Waals surface area contributed by atoms with Crippen LogP contribution in [0.1, 0.15) is 41.5 Å². The summed E-state index contributed by atoms with van der Waals surface area (Å²) in [6, 6.07) is 0. The number of amides is 2. The van der Waals surface area contributed by atoms with E-state index in [4.69, 9.17) is 5.73 Å². The van der Waals surface area contributed by atoms with E-state index in [1.165, 1.54) is 5.57 Å².